The van der Waals surface area contributed by atoms with Crippen LogP contribution in [0.4, 0.5) is 5.69 Å². The van der Waals surface area contributed by atoms with Gasteiger partial charge in [-0.1, -0.05) is 29.4 Å². The van der Waals surface area contributed by atoms with Crippen molar-refractivity contribution in [1.29, 1.82) is 0 Å². The molecule has 1 aliphatic rings. The summed E-state index contributed by atoms with van der Waals surface area (Å²) in [6.45, 7) is 4.35. The number of aromatic nitrogens is 1. The molecule has 35 heavy (non-hydrogen) atoms. The molecule has 2 aromatic carbocycles. The Bertz CT molecular complexity index is 1280. The second-order valence-electron chi connectivity index (χ2n) is 8.38. The fraction of sp³-hybridized carbons (Fsp3) is 0.259. The number of aryl methyl sites for hydroxylation is 1. The van der Waals surface area contributed by atoms with Crippen LogP contribution in [0.25, 0.3) is 22.5 Å². The number of carbonyl (C=O) groups is 1. The number of methoxy groups -OCH3 is 2. The summed E-state index contributed by atoms with van der Waals surface area (Å²) < 4.78 is 21.8. The number of hydrogen-bond donors (Lipinski definition) is 0. The summed E-state index contributed by atoms with van der Waals surface area (Å²) in [4.78, 5) is 17.5. The van der Waals surface area contributed by atoms with E-state index in [-0.39, 0.29) is 11.7 Å². The first-order chi connectivity index (χ1) is 17.1. The molecular formula is C27H27N3O5. The van der Waals surface area contributed by atoms with E-state index in [0.717, 1.165) is 39.6 Å². The minimum Gasteiger partial charge on any atom is -0.497 e. The monoisotopic (exact) mass is 473 g/mol. The van der Waals surface area contributed by atoms with E-state index in [1.807, 2.05) is 66.4 Å². The van der Waals surface area contributed by atoms with E-state index < -0.39 is 0 Å². The zero-order valence-corrected chi connectivity index (χ0v) is 20.0. The fourth-order valence-corrected chi connectivity index (χ4v) is 4.39. The van der Waals surface area contributed by atoms with Gasteiger partial charge in [0.2, 0.25) is 5.76 Å². The number of furan rings is 1. The molecule has 0 saturated carbocycles. The maximum Gasteiger partial charge on any atom is 0.293 e. The number of hydrogen-bond acceptors (Lipinski definition) is 7. The van der Waals surface area contributed by atoms with Crippen LogP contribution in [0.3, 0.4) is 0 Å². The van der Waals surface area contributed by atoms with E-state index in [0.29, 0.717) is 31.9 Å². The molecular weight excluding hydrogens is 446 g/mol. The molecule has 0 spiro atoms. The zero-order chi connectivity index (χ0) is 24.4. The van der Waals surface area contributed by atoms with Crippen molar-refractivity contribution in [2.24, 2.45) is 0 Å². The average molecular weight is 474 g/mol. The van der Waals surface area contributed by atoms with Crippen molar-refractivity contribution in [2.45, 2.75) is 6.92 Å². The number of carbonyl (C=O) groups excluding carboxylic acids is 1. The molecule has 1 amide bonds. The van der Waals surface area contributed by atoms with Gasteiger partial charge in [-0.3, -0.25) is 4.79 Å². The van der Waals surface area contributed by atoms with E-state index >= 15 is 0 Å². The van der Waals surface area contributed by atoms with Gasteiger partial charge in [-0.25, -0.2) is 0 Å². The van der Waals surface area contributed by atoms with Gasteiger partial charge in [-0.2, -0.15) is 0 Å². The van der Waals surface area contributed by atoms with E-state index in [4.69, 9.17) is 18.4 Å². The lowest BCUT2D eigenvalue weighted by Crippen LogP contribution is -2.48. The van der Waals surface area contributed by atoms with Crippen LogP contribution in [0.5, 0.6) is 11.5 Å². The van der Waals surface area contributed by atoms with Gasteiger partial charge in [-0.15, -0.1) is 0 Å². The van der Waals surface area contributed by atoms with Gasteiger partial charge in [0, 0.05) is 55.6 Å². The Hall–Kier alpha value is -4.20. The van der Waals surface area contributed by atoms with Crippen LogP contribution in [0.1, 0.15) is 16.2 Å². The van der Waals surface area contributed by atoms with Crippen molar-refractivity contribution in [3.05, 3.63) is 72.3 Å². The van der Waals surface area contributed by atoms with Crippen LogP contribution in [0, 0.1) is 6.92 Å². The highest BCUT2D eigenvalue weighted by Gasteiger charge is 2.29. The highest BCUT2D eigenvalue weighted by atomic mass is 16.5. The number of amides is 1. The van der Waals surface area contributed by atoms with Gasteiger partial charge >= 0.3 is 0 Å². The minimum absolute atomic E-state index is 0.154. The van der Waals surface area contributed by atoms with E-state index in [9.17, 15) is 4.79 Å². The summed E-state index contributed by atoms with van der Waals surface area (Å²) in [7, 11) is 3.27. The minimum atomic E-state index is -0.154. The summed E-state index contributed by atoms with van der Waals surface area (Å²) in [6, 6.07) is 17.4. The Kier molecular flexibility index (Phi) is 6.18. The quantitative estimate of drug-likeness (QED) is 0.394. The molecule has 1 fully saturated rings. The van der Waals surface area contributed by atoms with Gasteiger partial charge in [0.15, 0.2) is 0 Å². The zero-order valence-electron chi connectivity index (χ0n) is 20.0. The van der Waals surface area contributed by atoms with Gasteiger partial charge in [-0.05, 0) is 24.6 Å². The second-order valence-corrected chi connectivity index (χ2v) is 8.38. The molecule has 0 aliphatic carbocycles. The van der Waals surface area contributed by atoms with E-state index in [2.05, 4.69) is 10.1 Å². The molecule has 5 rings (SSSR count). The predicted molar refractivity (Wildman–Crippen MR) is 132 cm³/mol. The van der Waals surface area contributed by atoms with Crippen molar-refractivity contribution >= 4 is 11.6 Å². The molecule has 0 radical (unpaired) electrons. The first-order valence-electron chi connectivity index (χ1n) is 11.4. The van der Waals surface area contributed by atoms with Crippen molar-refractivity contribution in [1.82, 2.24) is 10.1 Å². The van der Waals surface area contributed by atoms with Crippen LogP contribution in [-0.2, 0) is 0 Å². The highest BCUT2D eigenvalue weighted by Crippen LogP contribution is 2.32. The van der Waals surface area contributed by atoms with Crippen molar-refractivity contribution in [3.63, 3.8) is 0 Å². The summed E-state index contributed by atoms with van der Waals surface area (Å²) in [5.74, 6) is 2.38. The van der Waals surface area contributed by atoms with E-state index in [1.165, 1.54) is 0 Å². The van der Waals surface area contributed by atoms with Crippen LogP contribution in [0.15, 0.2) is 69.8 Å². The maximum atomic E-state index is 13.4. The molecule has 0 atom stereocenters. The van der Waals surface area contributed by atoms with Crippen LogP contribution in [-0.4, -0.2) is 56.4 Å². The molecule has 8 heteroatoms. The summed E-state index contributed by atoms with van der Waals surface area (Å²) in [5.41, 5.74) is 4.25. The van der Waals surface area contributed by atoms with E-state index in [1.54, 1.807) is 20.5 Å². The summed E-state index contributed by atoms with van der Waals surface area (Å²) >= 11 is 0. The third kappa shape index (κ3) is 4.47. The molecule has 180 valence electrons. The standard InChI is InChI=1S/C27H27N3O5/c1-18-25(20-8-6-19(7-9-20)24-5-4-14-34-24)26(35-28-18)27(31)30-12-10-29(11-13-30)21-15-22(32-2)17-23(16-21)33-3/h4-9,14-17H,10-13H2,1-3H3. The SMILES string of the molecule is COc1cc(OC)cc(N2CCN(C(=O)c3onc(C)c3-c3ccc(-c4ccco4)cc3)CC2)c1. The van der Waals surface area contributed by atoms with Crippen LogP contribution >= 0.6 is 0 Å². The Morgan fingerprint density at radius 2 is 1.57 bits per heavy atom. The third-order valence-electron chi connectivity index (χ3n) is 6.30. The number of piperazine rings is 1. The molecule has 1 aliphatic heterocycles. The lowest BCUT2D eigenvalue weighted by Gasteiger charge is -2.36. The fourth-order valence-electron chi connectivity index (χ4n) is 4.39. The molecule has 1 saturated heterocycles. The van der Waals surface area contributed by atoms with Gasteiger partial charge in [0.1, 0.15) is 17.3 Å². The van der Waals surface area contributed by atoms with Crippen molar-refractivity contribution in [2.75, 3.05) is 45.3 Å². The number of ether oxygens (including phenoxy) is 2. The third-order valence-corrected chi connectivity index (χ3v) is 6.30. The van der Waals surface area contributed by atoms with Gasteiger partial charge in [0.05, 0.1) is 31.7 Å². The molecule has 3 heterocycles. The first kappa shape index (κ1) is 22.6. The van der Waals surface area contributed by atoms with Crippen LogP contribution < -0.4 is 14.4 Å². The number of anilines is 1. The Labute approximate surface area is 203 Å². The average Bonchev–Trinajstić information content (AvgIpc) is 3.58. The van der Waals surface area contributed by atoms with Crippen molar-refractivity contribution in [3.8, 4) is 33.9 Å². The molecule has 0 unspecified atom stereocenters. The molecule has 0 bridgehead atoms. The Balaban J connectivity index is 1.32. The van der Waals surface area contributed by atoms with Gasteiger partial charge in [0.25, 0.3) is 5.91 Å². The number of nitrogens with zero attached hydrogens (tertiary/aromatic N) is 3. The molecule has 4 aromatic rings. The van der Waals surface area contributed by atoms with Gasteiger partial charge < -0.3 is 28.2 Å². The number of benzene rings is 2. The Morgan fingerprint density at radius 3 is 2.17 bits per heavy atom. The summed E-state index contributed by atoms with van der Waals surface area (Å²) in [6.07, 6.45) is 1.65. The first-order valence-corrected chi connectivity index (χ1v) is 11.4. The topological polar surface area (TPSA) is 81.2 Å². The molecule has 2 aromatic heterocycles. The number of rotatable bonds is 6. The Morgan fingerprint density at radius 1 is 0.914 bits per heavy atom. The highest BCUT2D eigenvalue weighted by molar-refractivity contribution is 5.99. The van der Waals surface area contributed by atoms with Crippen LogP contribution in [0.2, 0.25) is 0 Å². The largest absolute Gasteiger partial charge is 0.497 e. The van der Waals surface area contributed by atoms with Crippen molar-refractivity contribution < 1.29 is 23.2 Å². The maximum absolute atomic E-state index is 13.4. The lowest BCUT2D eigenvalue weighted by molar-refractivity contribution is 0.0705. The molecule has 0 N–H and O–H groups in total. The lowest BCUT2D eigenvalue weighted by atomic mass is 10.0. The summed E-state index contributed by atoms with van der Waals surface area (Å²) in [5, 5.41) is 4.10. The molecule has 8 nitrogen and oxygen atoms in total. The smallest absolute Gasteiger partial charge is 0.293 e. The second kappa shape index (κ2) is 9.58. The predicted octanol–water partition coefficient (Wildman–Crippen LogP) is 4.89. The normalized spacial score (nSPS) is 13.7.